The summed E-state index contributed by atoms with van der Waals surface area (Å²) in [7, 11) is 0. The second-order valence-electron chi connectivity index (χ2n) is 4.26. The van der Waals surface area contributed by atoms with Gasteiger partial charge < -0.3 is 0 Å². The molecule has 1 saturated heterocycles. The molecule has 3 heteroatoms. The van der Waals surface area contributed by atoms with E-state index >= 15 is 0 Å². The van der Waals surface area contributed by atoms with Gasteiger partial charge in [0, 0.05) is 5.69 Å². The van der Waals surface area contributed by atoms with Crippen molar-refractivity contribution in [3.63, 3.8) is 0 Å². The number of amides is 1. The fourth-order valence-electron chi connectivity index (χ4n) is 1.99. The van der Waals surface area contributed by atoms with Gasteiger partial charge in [0.15, 0.2) is 0 Å². The van der Waals surface area contributed by atoms with Crippen molar-refractivity contribution < 1.29 is 4.79 Å². The van der Waals surface area contributed by atoms with Gasteiger partial charge in [-0.15, -0.1) is 0 Å². The summed E-state index contributed by atoms with van der Waals surface area (Å²) in [6, 6.07) is 19.7. The molecule has 0 saturated carbocycles. The predicted octanol–water partition coefficient (Wildman–Crippen LogP) is 3.77. The van der Waals surface area contributed by atoms with E-state index in [-0.39, 0.29) is 5.91 Å². The van der Waals surface area contributed by atoms with Gasteiger partial charge in [-0.3, -0.25) is 9.69 Å². The Labute approximate surface area is 116 Å². The maximum atomic E-state index is 12.3. The van der Waals surface area contributed by atoms with Gasteiger partial charge in [-0.05, 0) is 23.8 Å². The van der Waals surface area contributed by atoms with Gasteiger partial charge in [0.05, 0.1) is 10.8 Å². The highest BCUT2D eigenvalue weighted by Crippen LogP contribution is 2.33. The normalized spacial score (nSPS) is 17.2. The average molecular weight is 267 g/mol. The van der Waals surface area contributed by atoms with Gasteiger partial charge in [-0.25, -0.2) is 0 Å². The number of carbonyl (C=O) groups is 1. The molecule has 1 fully saturated rings. The molecule has 94 valence electrons. The van der Waals surface area contributed by atoms with E-state index in [0.29, 0.717) is 5.88 Å². The highest BCUT2D eigenvalue weighted by atomic mass is 32.2. The van der Waals surface area contributed by atoms with Crippen LogP contribution in [0.5, 0.6) is 0 Å². The molecule has 2 aromatic rings. The number of benzene rings is 2. The van der Waals surface area contributed by atoms with Crippen molar-refractivity contribution in [1.82, 2.24) is 0 Å². The second kappa shape index (κ2) is 5.33. The van der Waals surface area contributed by atoms with E-state index in [1.165, 1.54) is 0 Å². The quantitative estimate of drug-likeness (QED) is 0.772. The van der Waals surface area contributed by atoms with E-state index in [0.717, 1.165) is 16.2 Å². The summed E-state index contributed by atoms with van der Waals surface area (Å²) >= 11 is 1.59. The summed E-state index contributed by atoms with van der Waals surface area (Å²) in [5.41, 5.74) is 2.02. The first-order valence-electron chi connectivity index (χ1n) is 6.11. The summed E-state index contributed by atoms with van der Waals surface area (Å²) in [5, 5.41) is 0. The van der Waals surface area contributed by atoms with Crippen molar-refractivity contribution in [2.75, 3.05) is 10.8 Å². The zero-order chi connectivity index (χ0) is 13.1. The molecule has 0 radical (unpaired) electrons. The van der Waals surface area contributed by atoms with Crippen LogP contribution < -0.4 is 4.90 Å². The van der Waals surface area contributed by atoms with Crippen molar-refractivity contribution in [2.45, 2.75) is 0 Å². The number of hydrogen-bond acceptors (Lipinski definition) is 2. The number of para-hydroxylation sites is 1. The van der Waals surface area contributed by atoms with Crippen LogP contribution in [0.4, 0.5) is 5.69 Å². The Morgan fingerprint density at radius 1 is 0.947 bits per heavy atom. The lowest BCUT2D eigenvalue weighted by molar-refractivity contribution is -0.113. The number of rotatable bonds is 2. The summed E-state index contributed by atoms with van der Waals surface area (Å²) in [6.45, 7) is 0. The fourth-order valence-corrected chi connectivity index (χ4v) is 2.98. The minimum atomic E-state index is 0.0834. The zero-order valence-corrected chi connectivity index (χ0v) is 11.1. The summed E-state index contributed by atoms with van der Waals surface area (Å²) in [5.74, 6) is 0.765. The number of carbonyl (C=O) groups excluding carboxylic acids is 1. The minimum absolute atomic E-state index is 0.0834. The van der Waals surface area contributed by atoms with Crippen molar-refractivity contribution in [1.29, 1.82) is 0 Å². The first-order chi connectivity index (χ1) is 9.34. The molecule has 3 rings (SSSR count). The van der Waals surface area contributed by atoms with E-state index in [1.54, 1.807) is 16.7 Å². The highest BCUT2D eigenvalue weighted by Gasteiger charge is 2.27. The molecule has 0 aliphatic carbocycles. The second-order valence-corrected chi connectivity index (χ2v) is 5.25. The van der Waals surface area contributed by atoms with Crippen LogP contribution in [0.15, 0.2) is 65.6 Å². The standard InChI is InChI=1S/C16H13NOS/c18-16-15(11-13-7-3-1-4-8-13)19-12-17(16)14-9-5-2-6-10-14/h1-11H,12H2. The molecular weight excluding hydrogens is 254 g/mol. The highest BCUT2D eigenvalue weighted by molar-refractivity contribution is 8.04. The van der Waals surface area contributed by atoms with E-state index in [4.69, 9.17) is 0 Å². The Bertz CT molecular complexity index is 607. The van der Waals surface area contributed by atoms with E-state index in [1.807, 2.05) is 66.7 Å². The van der Waals surface area contributed by atoms with Gasteiger partial charge >= 0.3 is 0 Å². The lowest BCUT2D eigenvalue weighted by Crippen LogP contribution is -2.24. The van der Waals surface area contributed by atoms with Crippen molar-refractivity contribution in [3.05, 3.63) is 71.1 Å². The molecule has 1 aliphatic rings. The average Bonchev–Trinajstić information content (AvgIpc) is 2.82. The number of nitrogens with zero attached hydrogens (tertiary/aromatic N) is 1. The minimum Gasteiger partial charge on any atom is -0.298 e. The number of hydrogen-bond donors (Lipinski definition) is 0. The first-order valence-corrected chi connectivity index (χ1v) is 7.09. The van der Waals surface area contributed by atoms with Gasteiger partial charge in [-0.2, -0.15) is 0 Å². The molecule has 2 aromatic carbocycles. The molecule has 19 heavy (non-hydrogen) atoms. The van der Waals surface area contributed by atoms with Crippen LogP contribution in [0, 0.1) is 0 Å². The monoisotopic (exact) mass is 267 g/mol. The first kappa shape index (κ1) is 12.1. The van der Waals surface area contributed by atoms with Gasteiger partial charge in [0.2, 0.25) is 0 Å². The molecule has 0 N–H and O–H groups in total. The molecule has 2 nitrogen and oxygen atoms in total. The summed E-state index contributed by atoms with van der Waals surface area (Å²) < 4.78 is 0. The number of anilines is 1. The summed E-state index contributed by atoms with van der Waals surface area (Å²) in [6.07, 6.45) is 1.95. The molecular formula is C16H13NOS. The third kappa shape index (κ3) is 2.56. The van der Waals surface area contributed by atoms with Crippen LogP contribution >= 0.6 is 11.8 Å². The zero-order valence-electron chi connectivity index (χ0n) is 10.3. The third-order valence-corrected chi connectivity index (χ3v) is 3.96. The lowest BCUT2D eigenvalue weighted by atomic mass is 10.2. The molecule has 0 spiro atoms. The van der Waals surface area contributed by atoms with Crippen molar-refractivity contribution in [3.8, 4) is 0 Å². The summed E-state index contributed by atoms with van der Waals surface area (Å²) in [4.78, 5) is 15.0. The Morgan fingerprint density at radius 3 is 2.26 bits per heavy atom. The Hall–Kier alpha value is -2.00. The predicted molar refractivity (Wildman–Crippen MR) is 80.8 cm³/mol. The SMILES string of the molecule is O=C1C(=Cc2ccccc2)SCN1c1ccccc1. The van der Waals surface area contributed by atoms with Crippen LogP contribution in [0.3, 0.4) is 0 Å². The maximum absolute atomic E-state index is 12.3. The van der Waals surface area contributed by atoms with Crippen molar-refractivity contribution >= 4 is 29.4 Å². The Balaban J connectivity index is 1.85. The van der Waals surface area contributed by atoms with E-state index in [9.17, 15) is 4.79 Å². The van der Waals surface area contributed by atoms with Gasteiger partial charge in [-0.1, -0.05) is 60.3 Å². The lowest BCUT2D eigenvalue weighted by Gasteiger charge is -2.13. The topological polar surface area (TPSA) is 20.3 Å². The van der Waals surface area contributed by atoms with Crippen LogP contribution in [0.1, 0.15) is 5.56 Å². The Kier molecular flexibility index (Phi) is 3.38. The molecule has 1 heterocycles. The van der Waals surface area contributed by atoms with E-state index in [2.05, 4.69) is 0 Å². The van der Waals surface area contributed by atoms with Gasteiger partial charge in [0.1, 0.15) is 0 Å². The molecule has 1 amide bonds. The molecule has 0 aromatic heterocycles. The largest absolute Gasteiger partial charge is 0.298 e. The molecule has 0 atom stereocenters. The smallest absolute Gasteiger partial charge is 0.265 e. The van der Waals surface area contributed by atoms with Crippen LogP contribution in [-0.4, -0.2) is 11.8 Å². The van der Waals surface area contributed by atoms with Gasteiger partial charge in [0.25, 0.3) is 5.91 Å². The molecule has 1 aliphatic heterocycles. The maximum Gasteiger partial charge on any atom is 0.265 e. The fraction of sp³-hybridized carbons (Fsp3) is 0.0625. The van der Waals surface area contributed by atoms with Crippen LogP contribution in [0.25, 0.3) is 6.08 Å². The molecule has 0 unspecified atom stereocenters. The van der Waals surface area contributed by atoms with Crippen LogP contribution in [0.2, 0.25) is 0 Å². The number of thioether (sulfide) groups is 1. The molecule has 0 bridgehead atoms. The Morgan fingerprint density at radius 2 is 1.58 bits per heavy atom. The van der Waals surface area contributed by atoms with Crippen molar-refractivity contribution in [2.24, 2.45) is 0 Å². The third-order valence-electron chi connectivity index (χ3n) is 2.97. The van der Waals surface area contributed by atoms with E-state index < -0.39 is 0 Å². The van der Waals surface area contributed by atoms with Crippen LogP contribution in [-0.2, 0) is 4.79 Å².